The van der Waals surface area contributed by atoms with Crippen LogP contribution in [0.1, 0.15) is 11.4 Å². The molecule has 0 aliphatic heterocycles. The highest BCUT2D eigenvalue weighted by atomic mass is 79.9. The molecule has 0 aliphatic rings. The Kier molecular flexibility index (Phi) is 2.81. The number of hydrogen-bond acceptors (Lipinski definition) is 2. The summed E-state index contributed by atoms with van der Waals surface area (Å²) in [4.78, 5) is 0. The van der Waals surface area contributed by atoms with Crippen molar-refractivity contribution < 1.29 is 4.39 Å². The molecule has 0 N–H and O–H groups in total. The molecule has 0 saturated heterocycles. The van der Waals surface area contributed by atoms with E-state index in [-0.39, 0.29) is 5.82 Å². The number of alkyl halides is 1. The molecule has 0 radical (unpaired) electrons. The SMILES string of the molecule is Cc1nnn(-c2ccc(F)cc2)c1CBr. The average Bonchev–Trinajstić information content (AvgIpc) is 2.61. The minimum Gasteiger partial charge on any atom is -0.216 e. The van der Waals surface area contributed by atoms with Crippen LogP contribution in [0.2, 0.25) is 0 Å². The van der Waals surface area contributed by atoms with Crippen LogP contribution in [0.25, 0.3) is 5.69 Å². The van der Waals surface area contributed by atoms with Crippen LogP contribution in [0.15, 0.2) is 24.3 Å². The fourth-order valence-corrected chi connectivity index (χ4v) is 1.96. The van der Waals surface area contributed by atoms with Gasteiger partial charge in [-0.1, -0.05) is 21.1 Å². The Balaban J connectivity index is 2.49. The minimum atomic E-state index is -0.254. The van der Waals surface area contributed by atoms with E-state index in [0.29, 0.717) is 5.33 Å². The number of hydrogen-bond donors (Lipinski definition) is 0. The van der Waals surface area contributed by atoms with Crippen molar-refractivity contribution in [3.05, 3.63) is 41.5 Å². The smallest absolute Gasteiger partial charge is 0.123 e. The quantitative estimate of drug-likeness (QED) is 0.785. The summed E-state index contributed by atoms with van der Waals surface area (Å²) in [7, 11) is 0. The van der Waals surface area contributed by atoms with E-state index in [9.17, 15) is 4.39 Å². The van der Waals surface area contributed by atoms with Gasteiger partial charge < -0.3 is 0 Å². The van der Waals surface area contributed by atoms with E-state index in [1.165, 1.54) is 12.1 Å². The number of rotatable bonds is 2. The molecule has 3 nitrogen and oxygen atoms in total. The molecule has 5 heteroatoms. The van der Waals surface area contributed by atoms with Crippen LogP contribution in [0.5, 0.6) is 0 Å². The second-order valence-corrected chi connectivity index (χ2v) is 3.70. The highest BCUT2D eigenvalue weighted by molar-refractivity contribution is 9.08. The summed E-state index contributed by atoms with van der Waals surface area (Å²) >= 11 is 3.38. The Bertz CT molecular complexity index is 464. The monoisotopic (exact) mass is 269 g/mol. The van der Waals surface area contributed by atoms with Crippen LogP contribution in [-0.4, -0.2) is 15.0 Å². The van der Waals surface area contributed by atoms with Crippen molar-refractivity contribution in [3.8, 4) is 5.69 Å². The molecular formula is C10H9BrFN3. The number of aryl methyl sites for hydroxylation is 1. The van der Waals surface area contributed by atoms with Crippen molar-refractivity contribution in [3.63, 3.8) is 0 Å². The van der Waals surface area contributed by atoms with Gasteiger partial charge in [0.2, 0.25) is 0 Å². The summed E-state index contributed by atoms with van der Waals surface area (Å²) in [6.45, 7) is 1.89. The standard InChI is InChI=1S/C10H9BrFN3/c1-7-10(6-11)15(14-13-7)9-4-2-8(12)3-5-9/h2-5H,6H2,1H3. The highest BCUT2D eigenvalue weighted by Gasteiger charge is 2.09. The van der Waals surface area contributed by atoms with Gasteiger partial charge in [-0.05, 0) is 31.2 Å². The van der Waals surface area contributed by atoms with E-state index in [0.717, 1.165) is 17.1 Å². The van der Waals surface area contributed by atoms with Gasteiger partial charge in [0.1, 0.15) is 5.82 Å². The van der Waals surface area contributed by atoms with Crippen LogP contribution in [-0.2, 0) is 5.33 Å². The summed E-state index contributed by atoms with van der Waals surface area (Å²) < 4.78 is 14.4. The third-order valence-electron chi connectivity index (χ3n) is 2.16. The Morgan fingerprint density at radius 3 is 2.60 bits per heavy atom. The van der Waals surface area contributed by atoms with Gasteiger partial charge in [0.25, 0.3) is 0 Å². The normalized spacial score (nSPS) is 10.6. The summed E-state index contributed by atoms with van der Waals surface area (Å²) in [6.07, 6.45) is 0. The van der Waals surface area contributed by atoms with Gasteiger partial charge >= 0.3 is 0 Å². The zero-order valence-electron chi connectivity index (χ0n) is 8.11. The summed E-state index contributed by atoms with van der Waals surface area (Å²) in [5.41, 5.74) is 2.66. The molecule has 1 aromatic heterocycles. The fraction of sp³-hybridized carbons (Fsp3) is 0.200. The zero-order valence-corrected chi connectivity index (χ0v) is 9.70. The average molecular weight is 270 g/mol. The van der Waals surface area contributed by atoms with E-state index >= 15 is 0 Å². The number of aromatic nitrogens is 3. The maximum Gasteiger partial charge on any atom is 0.123 e. The lowest BCUT2D eigenvalue weighted by Crippen LogP contribution is -2.01. The number of halogens is 2. The molecular weight excluding hydrogens is 261 g/mol. The topological polar surface area (TPSA) is 30.7 Å². The first-order chi connectivity index (χ1) is 7.22. The fourth-order valence-electron chi connectivity index (χ4n) is 1.32. The predicted octanol–water partition coefficient (Wildman–Crippen LogP) is 2.61. The Morgan fingerprint density at radius 2 is 2.00 bits per heavy atom. The Hall–Kier alpha value is -1.23. The van der Waals surface area contributed by atoms with Crippen LogP contribution in [0.3, 0.4) is 0 Å². The minimum absolute atomic E-state index is 0.254. The summed E-state index contributed by atoms with van der Waals surface area (Å²) in [5, 5.41) is 8.65. The van der Waals surface area contributed by atoms with Crippen molar-refractivity contribution in [2.75, 3.05) is 0 Å². The molecule has 2 aromatic rings. The first-order valence-electron chi connectivity index (χ1n) is 4.45. The maximum absolute atomic E-state index is 12.7. The van der Waals surface area contributed by atoms with Gasteiger partial charge in [0, 0.05) is 5.33 Å². The molecule has 1 aromatic carbocycles. The molecule has 0 unspecified atom stereocenters. The first-order valence-corrected chi connectivity index (χ1v) is 5.57. The van der Waals surface area contributed by atoms with E-state index in [1.54, 1.807) is 16.8 Å². The van der Waals surface area contributed by atoms with E-state index in [4.69, 9.17) is 0 Å². The van der Waals surface area contributed by atoms with Crippen LogP contribution >= 0.6 is 15.9 Å². The molecule has 0 saturated carbocycles. The largest absolute Gasteiger partial charge is 0.216 e. The van der Waals surface area contributed by atoms with E-state index in [1.807, 2.05) is 6.92 Å². The van der Waals surface area contributed by atoms with Gasteiger partial charge in [-0.2, -0.15) is 0 Å². The van der Waals surface area contributed by atoms with Gasteiger partial charge in [-0.25, -0.2) is 9.07 Å². The van der Waals surface area contributed by atoms with Crippen molar-refractivity contribution >= 4 is 15.9 Å². The van der Waals surface area contributed by atoms with Gasteiger partial charge in [-0.3, -0.25) is 0 Å². The van der Waals surface area contributed by atoms with Gasteiger partial charge in [0.05, 0.1) is 17.1 Å². The van der Waals surface area contributed by atoms with Crippen LogP contribution < -0.4 is 0 Å². The zero-order chi connectivity index (χ0) is 10.8. The molecule has 0 aliphatic carbocycles. The van der Waals surface area contributed by atoms with E-state index in [2.05, 4.69) is 26.2 Å². The first kappa shape index (κ1) is 10.3. The molecule has 2 rings (SSSR count). The number of nitrogens with zero attached hydrogens (tertiary/aromatic N) is 3. The lowest BCUT2D eigenvalue weighted by Gasteiger charge is -2.03. The lowest BCUT2D eigenvalue weighted by atomic mass is 10.3. The van der Waals surface area contributed by atoms with Crippen molar-refractivity contribution in [2.24, 2.45) is 0 Å². The van der Waals surface area contributed by atoms with Crippen molar-refractivity contribution in [1.29, 1.82) is 0 Å². The predicted molar refractivity (Wildman–Crippen MR) is 58.7 cm³/mol. The summed E-state index contributed by atoms with van der Waals surface area (Å²) in [5.74, 6) is -0.254. The third-order valence-corrected chi connectivity index (χ3v) is 2.69. The van der Waals surface area contributed by atoms with Crippen LogP contribution in [0.4, 0.5) is 4.39 Å². The lowest BCUT2D eigenvalue weighted by molar-refractivity contribution is 0.626. The molecule has 1 heterocycles. The van der Waals surface area contributed by atoms with Crippen molar-refractivity contribution in [2.45, 2.75) is 12.3 Å². The summed E-state index contributed by atoms with van der Waals surface area (Å²) in [6, 6.07) is 6.17. The van der Waals surface area contributed by atoms with Crippen LogP contribution in [0, 0.1) is 12.7 Å². The molecule has 0 bridgehead atoms. The van der Waals surface area contributed by atoms with Gasteiger partial charge in [0.15, 0.2) is 0 Å². The molecule has 0 amide bonds. The second kappa shape index (κ2) is 4.10. The maximum atomic E-state index is 12.7. The Morgan fingerprint density at radius 1 is 1.33 bits per heavy atom. The molecule has 0 fully saturated rings. The van der Waals surface area contributed by atoms with E-state index < -0.39 is 0 Å². The third kappa shape index (κ3) is 1.92. The molecule has 0 spiro atoms. The number of benzene rings is 1. The molecule has 0 atom stereocenters. The molecule has 78 valence electrons. The molecule has 15 heavy (non-hydrogen) atoms. The van der Waals surface area contributed by atoms with Crippen molar-refractivity contribution in [1.82, 2.24) is 15.0 Å². The Labute approximate surface area is 95.0 Å². The highest BCUT2D eigenvalue weighted by Crippen LogP contribution is 2.15. The second-order valence-electron chi connectivity index (χ2n) is 3.14. The van der Waals surface area contributed by atoms with Gasteiger partial charge in [-0.15, -0.1) is 5.10 Å².